The summed E-state index contributed by atoms with van der Waals surface area (Å²) in [4.78, 5) is 0. The summed E-state index contributed by atoms with van der Waals surface area (Å²) in [7, 11) is -1.72. The van der Waals surface area contributed by atoms with Gasteiger partial charge in [-0.3, -0.25) is 0 Å². The quantitative estimate of drug-likeness (QED) is 0.574. The average molecular weight is 232 g/mol. The summed E-state index contributed by atoms with van der Waals surface area (Å²) in [5, 5.41) is 1.38. The Bertz CT molecular complexity index is 356. The van der Waals surface area contributed by atoms with Crippen LogP contribution in [0.15, 0.2) is 42.5 Å². The monoisotopic (exact) mass is 232 g/mol. The molecule has 1 aliphatic carbocycles. The van der Waals surface area contributed by atoms with Crippen LogP contribution < -0.4 is 5.19 Å². The Balaban J connectivity index is 2.07. The van der Waals surface area contributed by atoms with Gasteiger partial charge < -0.3 is 4.43 Å². The Hall–Kier alpha value is -0.863. The third kappa shape index (κ3) is 2.83. The summed E-state index contributed by atoms with van der Waals surface area (Å²) < 4.78 is 6.32. The molecule has 1 unspecified atom stereocenters. The van der Waals surface area contributed by atoms with Crippen molar-refractivity contribution in [1.82, 2.24) is 0 Å². The van der Waals surface area contributed by atoms with Crippen LogP contribution in [0.5, 0.6) is 0 Å². The molecule has 0 amide bonds. The van der Waals surface area contributed by atoms with Crippen LogP contribution in [0.25, 0.3) is 0 Å². The molecule has 0 saturated heterocycles. The van der Waals surface area contributed by atoms with E-state index in [0.29, 0.717) is 6.10 Å². The fourth-order valence-electron chi connectivity index (χ4n) is 2.17. The fraction of sp³-hybridized carbons (Fsp3) is 0.429. The number of hydrogen-bond donors (Lipinski definition) is 0. The molecule has 2 rings (SSSR count). The predicted octanol–water partition coefficient (Wildman–Crippen LogP) is 3.22. The third-order valence-corrected chi connectivity index (χ3v) is 5.74. The van der Waals surface area contributed by atoms with E-state index in [-0.39, 0.29) is 0 Å². The van der Waals surface area contributed by atoms with Gasteiger partial charge in [-0.05, 0) is 37.5 Å². The molecule has 0 N–H and O–H groups in total. The van der Waals surface area contributed by atoms with Gasteiger partial charge >= 0.3 is 0 Å². The molecule has 86 valence electrons. The molecule has 16 heavy (non-hydrogen) atoms. The SMILES string of the molecule is C[Si](C)(OC1C=CCCC1)c1ccccc1. The molecule has 0 saturated carbocycles. The van der Waals surface area contributed by atoms with Crippen LogP contribution in [0.3, 0.4) is 0 Å². The molecule has 2 heteroatoms. The van der Waals surface area contributed by atoms with Crippen LogP contribution in [0, 0.1) is 0 Å². The molecule has 0 spiro atoms. The van der Waals surface area contributed by atoms with Crippen LogP contribution in [-0.2, 0) is 4.43 Å². The van der Waals surface area contributed by atoms with Crippen molar-refractivity contribution in [3.05, 3.63) is 42.5 Å². The lowest BCUT2D eigenvalue weighted by Gasteiger charge is -2.29. The second-order valence-corrected chi connectivity index (χ2v) is 8.73. The second-order valence-electron chi connectivity index (χ2n) is 4.89. The Morgan fingerprint density at radius 2 is 1.94 bits per heavy atom. The largest absolute Gasteiger partial charge is 0.407 e. The van der Waals surface area contributed by atoms with Gasteiger partial charge in [0.05, 0.1) is 6.10 Å². The van der Waals surface area contributed by atoms with E-state index in [1.54, 1.807) is 0 Å². The van der Waals surface area contributed by atoms with Gasteiger partial charge in [0.2, 0.25) is 8.32 Å². The molecule has 0 radical (unpaired) electrons. The molecule has 1 nitrogen and oxygen atoms in total. The smallest absolute Gasteiger partial charge is 0.218 e. The van der Waals surface area contributed by atoms with Crippen LogP contribution >= 0.6 is 0 Å². The van der Waals surface area contributed by atoms with E-state index in [0.717, 1.165) is 0 Å². The first kappa shape index (κ1) is 11.6. The first-order valence-corrected chi connectivity index (χ1v) is 8.99. The molecule has 1 aliphatic rings. The van der Waals surface area contributed by atoms with Crippen LogP contribution in [0.1, 0.15) is 19.3 Å². The maximum absolute atomic E-state index is 6.32. The summed E-state index contributed by atoms with van der Waals surface area (Å²) in [5.41, 5.74) is 0. The Labute approximate surface area is 99.3 Å². The maximum atomic E-state index is 6.32. The van der Waals surface area contributed by atoms with Crippen molar-refractivity contribution in [3.63, 3.8) is 0 Å². The van der Waals surface area contributed by atoms with Crippen molar-refractivity contribution >= 4 is 13.5 Å². The predicted molar refractivity (Wildman–Crippen MR) is 71.4 cm³/mol. The summed E-state index contributed by atoms with van der Waals surface area (Å²) >= 11 is 0. The van der Waals surface area contributed by atoms with Gasteiger partial charge in [-0.1, -0.05) is 42.5 Å². The molecule has 1 aromatic carbocycles. The normalized spacial score (nSPS) is 21.0. The van der Waals surface area contributed by atoms with Gasteiger partial charge in [0.25, 0.3) is 0 Å². The number of rotatable bonds is 3. The maximum Gasteiger partial charge on any atom is 0.218 e. The van der Waals surface area contributed by atoms with Gasteiger partial charge in [-0.25, -0.2) is 0 Å². The zero-order valence-electron chi connectivity index (χ0n) is 10.1. The van der Waals surface area contributed by atoms with Gasteiger partial charge in [0.1, 0.15) is 0 Å². The van der Waals surface area contributed by atoms with E-state index in [4.69, 9.17) is 4.43 Å². The zero-order chi connectivity index (χ0) is 11.4. The second kappa shape index (κ2) is 4.98. The molecule has 0 aliphatic heterocycles. The van der Waals surface area contributed by atoms with Crippen molar-refractivity contribution < 1.29 is 4.43 Å². The molecule has 0 fully saturated rings. The Morgan fingerprint density at radius 3 is 2.56 bits per heavy atom. The summed E-state index contributed by atoms with van der Waals surface area (Å²) in [6.07, 6.45) is 8.49. The topological polar surface area (TPSA) is 9.23 Å². The summed E-state index contributed by atoms with van der Waals surface area (Å²) in [6.45, 7) is 4.57. The number of benzene rings is 1. The average Bonchev–Trinajstić information content (AvgIpc) is 2.31. The lowest BCUT2D eigenvalue weighted by atomic mass is 10.1. The minimum Gasteiger partial charge on any atom is -0.407 e. The van der Waals surface area contributed by atoms with Crippen LogP contribution in [0.2, 0.25) is 13.1 Å². The molecule has 1 aromatic rings. The minimum atomic E-state index is -1.72. The summed E-state index contributed by atoms with van der Waals surface area (Å²) in [6, 6.07) is 10.7. The van der Waals surface area contributed by atoms with E-state index in [1.807, 2.05) is 0 Å². The molecular formula is C14H20OSi. The zero-order valence-corrected chi connectivity index (χ0v) is 11.1. The van der Waals surface area contributed by atoms with E-state index < -0.39 is 8.32 Å². The van der Waals surface area contributed by atoms with Crippen LogP contribution in [0.4, 0.5) is 0 Å². The Morgan fingerprint density at radius 1 is 1.19 bits per heavy atom. The van der Waals surface area contributed by atoms with Gasteiger partial charge in [0, 0.05) is 0 Å². The van der Waals surface area contributed by atoms with Gasteiger partial charge in [-0.2, -0.15) is 0 Å². The highest BCUT2D eigenvalue weighted by molar-refractivity contribution is 6.84. The highest BCUT2D eigenvalue weighted by Crippen LogP contribution is 2.18. The van der Waals surface area contributed by atoms with Crippen molar-refractivity contribution in [1.29, 1.82) is 0 Å². The van der Waals surface area contributed by atoms with Gasteiger partial charge in [-0.15, -0.1) is 0 Å². The summed E-state index contributed by atoms with van der Waals surface area (Å²) in [5.74, 6) is 0. The van der Waals surface area contributed by atoms with Crippen molar-refractivity contribution in [2.45, 2.75) is 38.5 Å². The first-order valence-electron chi connectivity index (χ1n) is 6.08. The number of hydrogen-bond acceptors (Lipinski definition) is 1. The van der Waals surface area contributed by atoms with Crippen molar-refractivity contribution in [2.24, 2.45) is 0 Å². The molecule has 0 heterocycles. The van der Waals surface area contributed by atoms with Crippen molar-refractivity contribution in [2.75, 3.05) is 0 Å². The van der Waals surface area contributed by atoms with E-state index in [1.165, 1.54) is 24.4 Å². The number of allylic oxidation sites excluding steroid dienone is 1. The molecule has 1 atom stereocenters. The van der Waals surface area contributed by atoms with E-state index in [2.05, 4.69) is 55.6 Å². The standard InChI is InChI=1S/C14H20OSi/c1-16(2,14-11-7-4-8-12-14)15-13-9-5-3-6-10-13/h4-5,7-9,11-13H,3,6,10H2,1-2H3. The highest BCUT2D eigenvalue weighted by atomic mass is 28.4. The van der Waals surface area contributed by atoms with Gasteiger partial charge in [0.15, 0.2) is 0 Å². The van der Waals surface area contributed by atoms with E-state index >= 15 is 0 Å². The first-order chi connectivity index (χ1) is 7.68. The van der Waals surface area contributed by atoms with Crippen LogP contribution in [-0.4, -0.2) is 14.4 Å². The lowest BCUT2D eigenvalue weighted by Crippen LogP contribution is -2.47. The highest BCUT2D eigenvalue weighted by Gasteiger charge is 2.28. The molecule has 0 aromatic heterocycles. The lowest BCUT2D eigenvalue weighted by molar-refractivity contribution is 0.226. The van der Waals surface area contributed by atoms with E-state index in [9.17, 15) is 0 Å². The third-order valence-electron chi connectivity index (χ3n) is 3.13. The minimum absolute atomic E-state index is 0.343. The fourth-order valence-corrected chi connectivity index (χ4v) is 4.25. The molecule has 0 bridgehead atoms. The van der Waals surface area contributed by atoms with Crippen molar-refractivity contribution in [3.8, 4) is 0 Å². The molecular weight excluding hydrogens is 212 g/mol. The Kier molecular flexibility index (Phi) is 3.61.